The molecule has 0 unspecified atom stereocenters. The van der Waals surface area contributed by atoms with E-state index in [4.69, 9.17) is 9.47 Å². The molecule has 0 bridgehead atoms. The summed E-state index contributed by atoms with van der Waals surface area (Å²) in [7, 11) is 3.20. The van der Waals surface area contributed by atoms with Crippen LogP contribution in [0.1, 0.15) is 16.8 Å². The van der Waals surface area contributed by atoms with Crippen molar-refractivity contribution in [2.75, 3.05) is 27.3 Å². The standard InChI is InChI=1S/C24H25N3O4/c1-30-21-8-7-15(11-22(21)31-2)9-10-26-14-23(28)27-13-19-17(12-20(27)24(26)29)16-5-3-4-6-18(16)25-19/h3-8,11,20,25H,9-10,12-14H2,1-2H3/t20-/m1/s1. The largest absolute Gasteiger partial charge is 0.493 e. The summed E-state index contributed by atoms with van der Waals surface area (Å²) in [6.07, 6.45) is 1.20. The molecule has 0 spiro atoms. The van der Waals surface area contributed by atoms with E-state index >= 15 is 0 Å². The number of aromatic amines is 1. The van der Waals surface area contributed by atoms with Gasteiger partial charge in [-0.3, -0.25) is 9.59 Å². The number of benzene rings is 2. The molecule has 160 valence electrons. The molecule has 2 aromatic carbocycles. The Morgan fingerprint density at radius 1 is 1.03 bits per heavy atom. The highest BCUT2D eigenvalue weighted by Crippen LogP contribution is 2.33. The monoisotopic (exact) mass is 419 g/mol. The van der Waals surface area contributed by atoms with E-state index in [2.05, 4.69) is 11.1 Å². The first kappa shape index (κ1) is 19.5. The van der Waals surface area contributed by atoms with Crippen LogP contribution in [0.4, 0.5) is 0 Å². The Morgan fingerprint density at radius 2 is 1.84 bits per heavy atom. The van der Waals surface area contributed by atoms with Crippen LogP contribution in [0.5, 0.6) is 11.5 Å². The number of para-hydroxylation sites is 1. The molecule has 7 nitrogen and oxygen atoms in total. The summed E-state index contributed by atoms with van der Waals surface area (Å²) in [6.45, 7) is 1.08. The van der Waals surface area contributed by atoms with Crippen molar-refractivity contribution in [3.8, 4) is 11.5 Å². The molecular formula is C24H25N3O4. The smallest absolute Gasteiger partial charge is 0.246 e. The minimum absolute atomic E-state index is 0.00113. The molecular weight excluding hydrogens is 394 g/mol. The molecule has 0 radical (unpaired) electrons. The van der Waals surface area contributed by atoms with Crippen molar-refractivity contribution in [2.24, 2.45) is 0 Å². The lowest BCUT2D eigenvalue weighted by Gasteiger charge is -2.42. The van der Waals surface area contributed by atoms with Crippen molar-refractivity contribution >= 4 is 22.7 Å². The predicted octanol–water partition coefficient (Wildman–Crippen LogP) is 2.52. The summed E-state index contributed by atoms with van der Waals surface area (Å²) in [5, 5.41) is 1.14. The maximum atomic E-state index is 13.3. The van der Waals surface area contributed by atoms with Gasteiger partial charge in [0.2, 0.25) is 11.8 Å². The van der Waals surface area contributed by atoms with Gasteiger partial charge in [0.25, 0.3) is 0 Å². The third kappa shape index (κ3) is 3.30. The zero-order valence-electron chi connectivity index (χ0n) is 17.7. The Morgan fingerprint density at radius 3 is 2.65 bits per heavy atom. The van der Waals surface area contributed by atoms with Gasteiger partial charge in [-0.15, -0.1) is 0 Å². The number of nitrogens with zero attached hydrogens (tertiary/aromatic N) is 2. The second-order valence-corrected chi connectivity index (χ2v) is 8.07. The zero-order chi connectivity index (χ0) is 21.5. The van der Waals surface area contributed by atoms with Crippen LogP contribution in [0, 0.1) is 0 Å². The van der Waals surface area contributed by atoms with Gasteiger partial charge in [0.1, 0.15) is 6.04 Å². The lowest BCUT2D eigenvalue weighted by molar-refractivity contribution is -0.157. The van der Waals surface area contributed by atoms with E-state index in [1.807, 2.05) is 36.4 Å². The van der Waals surface area contributed by atoms with Gasteiger partial charge in [-0.2, -0.15) is 0 Å². The van der Waals surface area contributed by atoms with Gasteiger partial charge in [-0.25, -0.2) is 0 Å². The van der Waals surface area contributed by atoms with Crippen molar-refractivity contribution in [3.63, 3.8) is 0 Å². The molecule has 2 aliphatic rings. The fourth-order valence-electron chi connectivity index (χ4n) is 4.72. The van der Waals surface area contributed by atoms with E-state index in [1.54, 1.807) is 24.0 Å². The molecule has 0 saturated carbocycles. The topological polar surface area (TPSA) is 74.9 Å². The van der Waals surface area contributed by atoms with E-state index in [1.165, 1.54) is 0 Å². The average molecular weight is 419 g/mol. The van der Waals surface area contributed by atoms with Crippen molar-refractivity contribution in [1.29, 1.82) is 0 Å². The maximum absolute atomic E-state index is 13.3. The van der Waals surface area contributed by atoms with Crippen molar-refractivity contribution < 1.29 is 19.1 Å². The highest BCUT2D eigenvalue weighted by Gasteiger charge is 2.42. The fraction of sp³-hybridized carbons (Fsp3) is 0.333. The van der Waals surface area contributed by atoms with Crippen LogP contribution < -0.4 is 9.47 Å². The number of ether oxygens (including phenoxy) is 2. The second-order valence-electron chi connectivity index (χ2n) is 8.07. The Labute approximate surface area is 180 Å². The van der Waals surface area contributed by atoms with Crippen molar-refractivity contribution in [1.82, 2.24) is 14.8 Å². The number of rotatable bonds is 5. The number of aromatic nitrogens is 1. The first-order chi connectivity index (χ1) is 15.1. The van der Waals surface area contributed by atoms with E-state index in [-0.39, 0.29) is 18.4 Å². The zero-order valence-corrected chi connectivity index (χ0v) is 17.7. The number of hydrogen-bond acceptors (Lipinski definition) is 4. The molecule has 31 heavy (non-hydrogen) atoms. The van der Waals surface area contributed by atoms with Crippen LogP contribution in [0.15, 0.2) is 42.5 Å². The SMILES string of the molecule is COc1ccc(CCN2CC(=O)N3Cc4[nH]c5ccccc5c4C[C@@H]3C2=O)cc1OC. The highest BCUT2D eigenvalue weighted by atomic mass is 16.5. The molecule has 1 atom stereocenters. The molecule has 2 aliphatic heterocycles. The number of hydrogen-bond donors (Lipinski definition) is 1. The molecule has 1 saturated heterocycles. The summed E-state index contributed by atoms with van der Waals surface area (Å²) in [4.78, 5) is 33.0. The number of H-pyrrole nitrogens is 1. The number of piperazine rings is 1. The number of carbonyl (C=O) groups is 2. The summed E-state index contributed by atoms with van der Waals surface area (Å²) < 4.78 is 10.7. The summed E-state index contributed by atoms with van der Waals surface area (Å²) in [5.41, 5.74) is 4.28. The lowest BCUT2D eigenvalue weighted by Crippen LogP contribution is -2.61. The quantitative estimate of drug-likeness (QED) is 0.690. The minimum atomic E-state index is -0.432. The van der Waals surface area contributed by atoms with E-state index in [9.17, 15) is 9.59 Å². The average Bonchev–Trinajstić information content (AvgIpc) is 3.17. The van der Waals surface area contributed by atoms with Gasteiger partial charge < -0.3 is 24.3 Å². The first-order valence-corrected chi connectivity index (χ1v) is 10.5. The first-order valence-electron chi connectivity index (χ1n) is 10.5. The van der Waals surface area contributed by atoms with Gasteiger partial charge in [-0.05, 0) is 35.7 Å². The van der Waals surface area contributed by atoms with Crippen LogP contribution in [0.25, 0.3) is 10.9 Å². The van der Waals surface area contributed by atoms with Crippen molar-refractivity contribution in [3.05, 3.63) is 59.3 Å². The van der Waals surface area contributed by atoms with Gasteiger partial charge in [0, 0.05) is 29.6 Å². The van der Waals surface area contributed by atoms with Gasteiger partial charge in [0.15, 0.2) is 11.5 Å². The van der Waals surface area contributed by atoms with Crippen LogP contribution in [0.3, 0.4) is 0 Å². The van der Waals surface area contributed by atoms with Crippen molar-refractivity contribution in [2.45, 2.75) is 25.4 Å². The molecule has 1 fully saturated rings. The van der Waals surface area contributed by atoms with Crippen LogP contribution in [0.2, 0.25) is 0 Å². The third-order valence-electron chi connectivity index (χ3n) is 6.37. The predicted molar refractivity (Wildman–Crippen MR) is 116 cm³/mol. The Balaban J connectivity index is 1.34. The lowest BCUT2D eigenvalue weighted by atomic mass is 9.93. The number of methoxy groups -OCH3 is 2. The molecule has 1 N–H and O–H groups in total. The summed E-state index contributed by atoms with van der Waals surface area (Å²) in [5.74, 6) is 1.35. The molecule has 2 amide bonds. The third-order valence-corrected chi connectivity index (χ3v) is 6.37. The van der Waals surface area contributed by atoms with Gasteiger partial charge >= 0.3 is 0 Å². The van der Waals surface area contributed by atoms with Crippen LogP contribution >= 0.6 is 0 Å². The van der Waals surface area contributed by atoms with E-state index < -0.39 is 6.04 Å². The summed E-state index contributed by atoms with van der Waals surface area (Å²) >= 11 is 0. The Hall–Kier alpha value is -3.48. The highest BCUT2D eigenvalue weighted by molar-refractivity contribution is 5.96. The number of fused-ring (bicyclic) bond motifs is 4. The summed E-state index contributed by atoms with van der Waals surface area (Å²) in [6, 6.07) is 13.4. The Kier molecular flexibility index (Phi) is 4.81. The van der Waals surface area contributed by atoms with Gasteiger partial charge in [-0.1, -0.05) is 24.3 Å². The van der Waals surface area contributed by atoms with E-state index in [0.29, 0.717) is 37.4 Å². The number of nitrogens with one attached hydrogen (secondary N) is 1. The van der Waals surface area contributed by atoms with Gasteiger partial charge in [0.05, 0.1) is 27.3 Å². The van der Waals surface area contributed by atoms with Crippen LogP contribution in [-0.2, 0) is 29.0 Å². The second kappa shape index (κ2) is 7.65. The van der Waals surface area contributed by atoms with Crippen LogP contribution in [-0.4, -0.2) is 59.9 Å². The maximum Gasteiger partial charge on any atom is 0.246 e. The molecule has 0 aliphatic carbocycles. The molecule has 1 aromatic heterocycles. The molecule has 5 rings (SSSR count). The fourth-order valence-corrected chi connectivity index (χ4v) is 4.72. The molecule has 3 heterocycles. The Bertz CT molecular complexity index is 1170. The molecule has 7 heteroatoms. The number of carbonyl (C=O) groups excluding carboxylic acids is 2. The normalized spacial score (nSPS) is 18.2. The van der Waals surface area contributed by atoms with E-state index in [0.717, 1.165) is 27.7 Å². The molecule has 3 aromatic rings. The minimum Gasteiger partial charge on any atom is -0.493 e. The number of amides is 2.